The van der Waals surface area contributed by atoms with Crippen molar-refractivity contribution < 1.29 is 18.7 Å². The number of hydrogen-bond donors (Lipinski definition) is 1. The zero-order valence-electron chi connectivity index (χ0n) is 15.4. The Morgan fingerprint density at radius 1 is 1.29 bits per heavy atom. The van der Waals surface area contributed by atoms with Crippen LogP contribution in [-0.4, -0.2) is 18.5 Å². The number of rotatable bonds is 5. The quantitative estimate of drug-likeness (QED) is 0.354. The molecule has 3 rings (SSSR count). The highest BCUT2D eigenvalue weighted by Crippen LogP contribution is 2.37. The molecular weight excluding hydrogens is 379 g/mol. The van der Waals surface area contributed by atoms with Crippen molar-refractivity contribution in [3.8, 4) is 6.07 Å². The molecule has 5 nitrogen and oxygen atoms in total. The van der Waals surface area contributed by atoms with Crippen molar-refractivity contribution in [3.63, 3.8) is 0 Å². The van der Waals surface area contributed by atoms with E-state index in [1.54, 1.807) is 6.92 Å². The lowest BCUT2D eigenvalue weighted by atomic mass is 9.96. The molecule has 1 aromatic carbocycles. The van der Waals surface area contributed by atoms with Crippen LogP contribution in [0.2, 0.25) is 0 Å². The summed E-state index contributed by atoms with van der Waals surface area (Å²) in [7, 11) is 0. The van der Waals surface area contributed by atoms with Crippen molar-refractivity contribution in [2.75, 3.05) is 11.9 Å². The number of carbonyl (C=O) groups is 2. The molecule has 0 saturated heterocycles. The molecule has 1 aliphatic rings. The molecule has 0 radical (unpaired) electrons. The smallest absolute Gasteiger partial charge is 0.343 e. The summed E-state index contributed by atoms with van der Waals surface area (Å²) in [5, 5.41) is 12.7. The third-order valence-corrected chi connectivity index (χ3v) is 5.64. The monoisotopic (exact) mass is 398 g/mol. The zero-order valence-corrected chi connectivity index (χ0v) is 16.2. The fourth-order valence-corrected chi connectivity index (χ4v) is 4.33. The molecular formula is C21H19FN2O3S. The minimum atomic E-state index is -0.774. The average Bonchev–Trinajstić information content (AvgIpc) is 3.04. The van der Waals surface area contributed by atoms with Gasteiger partial charge < -0.3 is 10.1 Å². The lowest BCUT2D eigenvalue weighted by Gasteiger charge is -2.09. The van der Waals surface area contributed by atoms with Gasteiger partial charge in [0.05, 0.1) is 12.2 Å². The molecule has 1 N–H and O–H groups in total. The minimum Gasteiger partial charge on any atom is -0.462 e. The average molecular weight is 398 g/mol. The maximum Gasteiger partial charge on any atom is 0.343 e. The topological polar surface area (TPSA) is 79.2 Å². The van der Waals surface area contributed by atoms with E-state index in [-0.39, 0.29) is 12.2 Å². The minimum absolute atomic E-state index is 0.115. The number of ether oxygens (including phenoxy) is 1. The zero-order chi connectivity index (χ0) is 20.1. The van der Waals surface area contributed by atoms with Crippen LogP contribution in [0.4, 0.5) is 9.39 Å². The Bertz CT molecular complexity index is 971. The third-order valence-electron chi connectivity index (χ3n) is 4.43. The molecule has 0 aliphatic heterocycles. The SMILES string of the molecule is CCOC(=O)C(=Cc1ccc(F)cc1)C(=O)Nc1sc2c(c1C#N)CCCC2. The Morgan fingerprint density at radius 2 is 2.00 bits per heavy atom. The van der Waals surface area contributed by atoms with E-state index in [1.807, 2.05) is 0 Å². The molecule has 2 aromatic rings. The van der Waals surface area contributed by atoms with Gasteiger partial charge in [0, 0.05) is 4.88 Å². The summed E-state index contributed by atoms with van der Waals surface area (Å²) in [5.41, 5.74) is 1.75. The Kier molecular flexibility index (Phi) is 6.22. The van der Waals surface area contributed by atoms with E-state index < -0.39 is 17.7 Å². The fraction of sp³-hybridized carbons (Fsp3) is 0.286. The number of nitrogens with zero attached hydrogens (tertiary/aromatic N) is 1. The van der Waals surface area contributed by atoms with Crippen LogP contribution in [-0.2, 0) is 27.2 Å². The molecule has 0 unspecified atom stereocenters. The van der Waals surface area contributed by atoms with Crippen LogP contribution in [0.15, 0.2) is 29.8 Å². The van der Waals surface area contributed by atoms with Crippen LogP contribution in [0.5, 0.6) is 0 Å². The molecule has 0 saturated carbocycles. The number of anilines is 1. The Labute approximate surface area is 166 Å². The van der Waals surface area contributed by atoms with Gasteiger partial charge in [-0.05, 0) is 61.9 Å². The Morgan fingerprint density at radius 3 is 2.68 bits per heavy atom. The Hall–Kier alpha value is -2.98. The van der Waals surface area contributed by atoms with E-state index in [2.05, 4.69) is 11.4 Å². The first kappa shape index (κ1) is 19.8. The molecule has 0 atom stereocenters. The number of fused-ring (bicyclic) bond motifs is 1. The summed E-state index contributed by atoms with van der Waals surface area (Å²) >= 11 is 1.38. The molecule has 7 heteroatoms. The van der Waals surface area contributed by atoms with Crippen LogP contribution < -0.4 is 5.32 Å². The number of nitriles is 1. The molecule has 28 heavy (non-hydrogen) atoms. The second-order valence-electron chi connectivity index (χ2n) is 6.31. The van der Waals surface area contributed by atoms with E-state index in [4.69, 9.17) is 4.74 Å². The van der Waals surface area contributed by atoms with Gasteiger partial charge in [0.1, 0.15) is 22.5 Å². The van der Waals surface area contributed by atoms with Crippen molar-refractivity contribution in [1.29, 1.82) is 5.26 Å². The predicted molar refractivity (Wildman–Crippen MR) is 105 cm³/mol. The van der Waals surface area contributed by atoms with Crippen molar-refractivity contribution in [2.24, 2.45) is 0 Å². The molecule has 0 spiro atoms. The predicted octanol–water partition coefficient (Wildman–Crippen LogP) is 4.22. The number of hydrogen-bond acceptors (Lipinski definition) is 5. The maximum absolute atomic E-state index is 13.1. The van der Waals surface area contributed by atoms with Crippen molar-refractivity contribution in [3.05, 3.63) is 57.2 Å². The number of halogens is 1. The molecule has 1 heterocycles. The summed E-state index contributed by atoms with van der Waals surface area (Å²) < 4.78 is 18.1. The maximum atomic E-state index is 13.1. The van der Waals surface area contributed by atoms with Gasteiger partial charge in [0.15, 0.2) is 0 Å². The molecule has 1 aromatic heterocycles. The summed E-state index contributed by atoms with van der Waals surface area (Å²) in [6.45, 7) is 1.76. The van der Waals surface area contributed by atoms with Crippen LogP contribution in [0.25, 0.3) is 6.08 Å². The van der Waals surface area contributed by atoms with Gasteiger partial charge in [-0.2, -0.15) is 5.26 Å². The third kappa shape index (κ3) is 4.29. The first-order valence-corrected chi connectivity index (χ1v) is 9.85. The van der Waals surface area contributed by atoms with Gasteiger partial charge in [0.2, 0.25) is 0 Å². The van der Waals surface area contributed by atoms with Gasteiger partial charge in [-0.25, -0.2) is 9.18 Å². The van der Waals surface area contributed by atoms with Crippen LogP contribution in [0.3, 0.4) is 0 Å². The lowest BCUT2D eigenvalue weighted by molar-refractivity contribution is -0.139. The van der Waals surface area contributed by atoms with E-state index >= 15 is 0 Å². The largest absolute Gasteiger partial charge is 0.462 e. The molecule has 1 aliphatic carbocycles. The van der Waals surface area contributed by atoms with Gasteiger partial charge in [0.25, 0.3) is 5.91 Å². The number of amides is 1. The standard InChI is InChI=1S/C21H19FN2O3S/c1-2-27-21(26)16(11-13-7-9-14(22)10-8-13)19(25)24-20-17(12-23)15-5-3-4-6-18(15)28-20/h7-11H,2-6H2,1H3,(H,24,25). The van der Waals surface area contributed by atoms with Crippen molar-refractivity contribution in [2.45, 2.75) is 32.6 Å². The molecule has 1 amide bonds. The number of thiophene rings is 1. The second kappa shape index (κ2) is 8.81. The first-order valence-electron chi connectivity index (χ1n) is 9.03. The molecule has 144 valence electrons. The van der Waals surface area contributed by atoms with E-state index in [0.717, 1.165) is 36.1 Å². The lowest BCUT2D eigenvalue weighted by Crippen LogP contribution is -2.22. The van der Waals surface area contributed by atoms with E-state index in [0.29, 0.717) is 16.1 Å². The van der Waals surface area contributed by atoms with Crippen LogP contribution in [0.1, 0.15) is 41.3 Å². The van der Waals surface area contributed by atoms with E-state index in [1.165, 1.54) is 41.7 Å². The number of nitrogens with one attached hydrogen (secondary N) is 1. The van der Waals surface area contributed by atoms with Crippen LogP contribution >= 0.6 is 11.3 Å². The normalized spacial score (nSPS) is 13.4. The first-order chi connectivity index (χ1) is 13.5. The number of esters is 1. The number of aryl methyl sites for hydroxylation is 1. The van der Waals surface area contributed by atoms with Crippen molar-refractivity contribution in [1.82, 2.24) is 0 Å². The summed E-state index contributed by atoms with van der Waals surface area (Å²) in [4.78, 5) is 26.2. The van der Waals surface area contributed by atoms with E-state index in [9.17, 15) is 19.2 Å². The number of carbonyl (C=O) groups excluding carboxylic acids is 2. The van der Waals surface area contributed by atoms with Gasteiger partial charge in [-0.15, -0.1) is 11.3 Å². The summed E-state index contributed by atoms with van der Waals surface area (Å²) in [6.07, 6.45) is 5.14. The van der Waals surface area contributed by atoms with Gasteiger partial charge >= 0.3 is 5.97 Å². The van der Waals surface area contributed by atoms with Gasteiger partial charge in [-0.1, -0.05) is 12.1 Å². The highest BCUT2D eigenvalue weighted by Gasteiger charge is 2.25. The van der Waals surface area contributed by atoms with Crippen molar-refractivity contribution >= 4 is 34.3 Å². The summed E-state index contributed by atoms with van der Waals surface area (Å²) in [6, 6.07) is 7.59. The second-order valence-corrected chi connectivity index (χ2v) is 7.42. The highest BCUT2D eigenvalue weighted by atomic mass is 32.1. The van der Waals surface area contributed by atoms with Crippen LogP contribution in [0, 0.1) is 17.1 Å². The Balaban J connectivity index is 1.92. The fourth-order valence-electron chi connectivity index (χ4n) is 3.09. The number of benzene rings is 1. The molecule has 0 fully saturated rings. The summed E-state index contributed by atoms with van der Waals surface area (Å²) in [5.74, 6) is -1.84. The highest BCUT2D eigenvalue weighted by molar-refractivity contribution is 7.16. The molecule has 0 bridgehead atoms. The van der Waals surface area contributed by atoms with Gasteiger partial charge in [-0.3, -0.25) is 4.79 Å².